The van der Waals surface area contributed by atoms with Crippen molar-refractivity contribution in [3.8, 4) is 5.75 Å². The Balaban J connectivity index is 1.78. The highest BCUT2D eigenvalue weighted by Gasteiger charge is 2.25. The van der Waals surface area contributed by atoms with Crippen molar-refractivity contribution in [1.29, 1.82) is 0 Å². The molecule has 0 atom stereocenters. The molecule has 0 aliphatic carbocycles. The van der Waals surface area contributed by atoms with Crippen molar-refractivity contribution in [3.05, 3.63) is 30.1 Å². The van der Waals surface area contributed by atoms with Gasteiger partial charge in [-0.1, -0.05) is 12.1 Å². The van der Waals surface area contributed by atoms with Gasteiger partial charge in [-0.3, -0.25) is 4.79 Å². The Labute approximate surface area is 128 Å². The summed E-state index contributed by atoms with van der Waals surface area (Å²) in [5.74, 6) is -0.671. The maximum absolute atomic E-state index is 13.4. The van der Waals surface area contributed by atoms with Crippen molar-refractivity contribution in [2.45, 2.75) is 6.92 Å². The number of rotatable bonds is 4. The Kier molecular flexibility index (Phi) is 5.57. The van der Waals surface area contributed by atoms with Gasteiger partial charge in [0, 0.05) is 26.2 Å². The highest BCUT2D eigenvalue weighted by atomic mass is 19.1. The summed E-state index contributed by atoms with van der Waals surface area (Å²) >= 11 is 0. The molecule has 1 aromatic carbocycles. The number of nitrogens with zero attached hydrogens (tertiary/aromatic N) is 2. The van der Waals surface area contributed by atoms with Crippen LogP contribution in [0.25, 0.3) is 0 Å². The van der Waals surface area contributed by atoms with Gasteiger partial charge in [0.2, 0.25) is 0 Å². The van der Waals surface area contributed by atoms with Crippen LogP contribution < -0.4 is 4.74 Å². The summed E-state index contributed by atoms with van der Waals surface area (Å²) in [6, 6.07) is 5.94. The van der Waals surface area contributed by atoms with Gasteiger partial charge in [-0.05, 0) is 19.1 Å². The minimum absolute atomic E-state index is 0.0565. The third-order valence-electron chi connectivity index (χ3n) is 3.35. The Morgan fingerprint density at radius 2 is 1.77 bits per heavy atom. The number of amides is 2. The van der Waals surface area contributed by atoms with Gasteiger partial charge < -0.3 is 19.3 Å². The van der Waals surface area contributed by atoms with Crippen LogP contribution in [0.5, 0.6) is 5.75 Å². The number of halogens is 1. The summed E-state index contributed by atoms with van der Waals surface area (Å²) in [4.78, 5) is 26.7. The van der Waals surface area contributed by atoms with E-state index in [1.807, 2.05) is 0 Å². The zero-order valence-electron chi connectivity index (χ0n) is 12.5. The second kappa shape index (κ2) is 7.63. The van der Waals surface area contributed by atoms with E-state index in [1.165, 1.54) is 12.1 Å². The van der Waals surface area contributed by atoms with E-state index < -0.39 is 5.82 Å². The molecular formula is C15H19FN2O4. The Bertz CT molecular complexity index is 530. The molecule has 6 nitrogen and oxygen atoms in total. The zero-order chi connectivity index (χ0) is 15.9. The third-order valence-corrected chi connectivity index (χ3v) is 3.35. The van der Waals surface area contributed by atoms with Crippen molar-refractivity contribution in [3.63, 3.8) is 0 Å². The average Bonchev–Trinajstić information content (AvgIpc) is 2.54. The van der Waals surface area contributed by atoms with Gasteiger partial charge in [0.05, 0.1) is 6.61 Å². The Hall–Kier alpha value is -2.31. The molecule has 0 spiro atoms. The van der Waals surface area contributed by atoms with Crippen molar-refractivity contribution in [1.82, 2.24) is 9.80 Å². The molecule has 0 radical (unpaired) electrons. The first-order chi connectivity index (χ1) is 10.6. The summed E-state index contributed by atoms with van der Waals surface area (Å²) in [5.41, 5.74) is 0. The standard InChI is InChI=1S/C15H19FN2O4/c1-2-21-15(20)18-9-7-17(8-10-18)14(19)11-22-13-6-4-3-5-12(13)16/h3-6H,2,7-11H2,1H3. The van der Waals surface area contributed by atoms with E-state index in [1.54, 1.807) is 28.9 Å². The van der Waals surface area contributed by atoms with E-state index >= 15 is 0 Å². The quantitative estimate of drug-likeness (QED) is 0.846. The van der Waals surface area contributed by atoms with E-state index in [4.69, 9.17) is 9.47 Å². The molecule has 1 fully saturated rings. The molecule has 1 heterocycles. The molecule has 0 aromatic heterocycles. The van der Waals surface area contributed by atoms with E-state index in [9.17, 15) is 14.0 Å². The number of para-hydroxylation sites is 1. The molecule has 2 amide bonds. The fourth-order valence-electron chi connectivity index (χ4n) is 2.15. The number of hydrogen-bond acceptors (Lipinski definition) is 4. The molecule has 1 saturated heterocycles. The first kappa shape index (κ1) is 16.1. The minimum atomic E-state index is -0.498. The van der Waals surface area contributed by atoms with Gasteiger partial charge in [0.25, 0.3) is 5.91 Å². The van der Waals surface area contributed by atoms with E-state index in [0.717, 1.165) is 0 Å². The summed E-state index contributed by atoms with van der Waals surface area (Å²) in [7, 11) is 0. The summed E-state index contributed by atoms with van der Waals surface area (Å²) in [6.07, 6.45) is -0.364. The molecular weight excluding hydrogens is 291 g/mol. The predicted molar refractivity (Wildman–Crippen MR) is 77.1 cm³/mol. The molecule has 7 heteroatoms. The summed E-state index contributed by atoms with van der Waals surface area (Å²) in [5, 5.41) is 0. The lowest BCUT2D eigenvalue weighted by molar-refractivity contribution is -0.135. The molecule has 1 aromatic rings. The summed E-state index contributed by atoms with van der Waals surface area (Å²) in [6.45, 7) is 3.53. The van der Waals surface area contributed by atoms with E-state index in [0.29, 0.717) is 32.8 Å². The first-order valence-electron chi connectivity index (χ1n) is 7.18. The maximum Gasteiger partial charge on any atom is 0.409 e. The van der Waals surface area contributed by atoms with Crippen LogP contribution in [0, 0.1) is 5.82 Å². The normalized spacial score (nSPS) is 14.6. The minimum Gasteiger partial charge on any atom is -0.481 e. The molecule has 22 heavy (non-hydrogen) atoms. The molecule has 120 valence electrons. The highest BCUT2D eigenvalue weighted by molar-refractivity contribution is 5.78. The fraction of sp³-hybridized carbons (Fsp3) is 0.467. The van der Waals surface area contributed by atoms with E-state index in [-0.39, 0.29) is 24.4 Å². The number of carbonyl (C=O) groups excluding carboxylic acids is 2. The Morgan fingerprint density at radius 1 is 1.14 bits per heavy atom. The van der Waals surface area contributed by atoms with Gasteiger partial charge in [0.15, 0.2) is 18.2 Å². The smallest absolute Gasteiger partial charge is 0.409 e. The van der Waals surface area contributed by atoms with Crippen molar-refractivity contribution >= 4 is 12.0 Å². The largest absolute Gasteiger partial charge is 0.481 e. The van der Waals surface area contributed by atoms with Crippen molar-refractivity contribution in [2.75, 3.05) is 39.4 Å². The SMILES string of the molecule is CCOC(=O)N1CCN(C(=O)COc2ccccc2F)CC1. The fourth-order valence-corrected chi connectivity index (χ4v) is 2.15. The van der Waals surface area contributed by atoms with Gasteiger partial charge in [0.1, 0.15) is 0 Å². The van der Waals surface area contributed by atoms with Crippen LogP contribution in [-0.4, -0.2) is 61.2 Å². The summed E-state index contributed by atoms with van der Waals surface area (Å²) < 4.78 is 23.5. The third kappa shape index (κ3) is 4.09. The maximum atomic E-state index is 13.4. The number of ether oxygens (including phenoxy) is 2. The van der Waals surface area contributed by atoms with Crippen LogP contribution in [0.4, 0.5) is 9.18 Å². The zero-order valence-corrected chi connectivity index (χ0v) is 12.5. The van der Waals surface area contributed by atoms with Crippen LogP contribution in [0.3, 0.4) is 0 Å². The monoisotopic (exact) mass is 310 g/mol. The van der Waals surface area contributed by atoms with Crippen molar-refractivity contribution in [2.24, 2.45) is 0 Å². The number of carbonyl (C=O) groups is 2. The van der Waals surface area contributed by atoms with Crippen LogP contribution in [0.2, 0.25) is 0 Å². The molecule has 0 saturated carbocycles. The average molecular weight is 310 g/mol. The second-order valence-electron chi connectivity index (χ2n) is 4.79. The first-order valence-corrected chi connectivity index (χ1v) is 7.18. The lowest BCUT2D eigenvalue weighted by atomic mass is 10.3. The van der Waals surface area contributed by atoms with Gasteiger partial charge in [-0.25, -0.2) is 9.18 Å². The van der Waals surface area contributed by atoms with Gasteiger partial charge in [-0.15, -0.1) is 0 Å². The van der Waals surface area contributed by atoms with Crippen LogP contribution in [-0.2, 0) is 9.53 Å². The van der Waals surface area contributed by atoms with Crippen LogP contribution in [0.1, 0.15) is 6.92 Å². The van der Waals surface area contributed by atoms with Crippen LogP contribution in [0.15, 0.2) is 24.3 Å². The number of hydrogen-bond donors (Lipinski definition) is 0. The molecule has 2 rings (SSSR count). The molecule has 0 bridgehead atoms. The predicted octanol–water partition coefficient (Wildman–Crippen LogP) is 1.51. The van der Waals surface area contributed by atoms with Crippen molar-refractivity contribution < 1.29 is 23.5 Å². The molecule has 0 N–H and O–H groups in total. The van der Waals surface area contributed by atoms with Gasteiger partial charge >= 0.3 is 6.09 Å². The molecule has 1 aliphatic rings. The Morgan fingerprint density at radius 3 is 2.41 bits per heavy atom. The van der Waals surface area contributed by atoms with Gasteiger partial charge in [-0.2, -0.15) is 0 Å². The lowest BCUT2D eigenvalue weighted by Crippen LogP contribution is -2.51. The molecule has 1 aliphatic heterocycles. The topological polar surface area (TPSA) is 59.1 Å². The van der Waals surface area contributed by atoms with Crippen LogP contribution >= 0.6 is 0 Å². The van der Waals surface area contributed by atoms with E-state index in [2.05, 4.69) is 0 Å². The second-order valence-corrected chi connectivity index (χ2v) is 4.79. The number of piperazine rings is 1. The number of benzene rings is 1. The highest BCUT2D eigenvalue weighted by Crippen LogP contribution is 2.15. The molecule has 0 unspecified atom stereocenters. The lowest BCUT2D eigenvalue weighted by Gasteiger charge is -2.33.